The fourth-order valence-electron chi connectivity index (χ4n) is 8.21. The summed E-state index contributed by atoms with van der Waals surface area (Å²) in [6, 6.07) is 0. The Balaban J connectivity index is 2.35. The molecule has 0 aromatic rings. The molecule has 6 unspecified atom stereocenters. The average Bonchev–Trinajstić information content (AvgIpc) is 3.34. The van der Waals surface area contributed by atoms with E-state index < -0.39 is 59.8 Å². The van der Waals surface area contributed by atoms with Crippen LogP contribution in [-0.4, -0.2) is 97.5 Å². The SMILES string of the molecule is CC/C=C\C/C=C\C/C=C\C/C=C\C/C=C\C/C=C\CCCCCCC(=O)OC(COCCCCCCCCCCCCCCCCCCCCCC)COC1OC(CO)C(O)C(OS(=O)(=O)O)C1O. The van der Waals surface area contributed by atoms with E-state index in [1.54, 1.807) is 0 Å². The summed E-state index contributed by atoms with van der Waals surface area (Å²) in [4.78, 5) is 12.9. The normalized spacial score (nSPS) is 19.7. The van der Waals surface area contributed by atoms with Gasteiger partial charge in [0.2, 0.25) is 0 Å². The number of aliphatic hydroxyl groups is 3. The molecule has 4 N–H and O–H groups in total. The summed E-state index contributed by atoms with van der Waals surface area (Å²) in [6.45, 7) is 3.87. The Labute approximate surface area is 426 Å². The van der Waals surface area contributed by atoms with Gasteiger partial charge in [0.25, 0.3) is 0 Å². The number of hydrogen-bond donors (Lipinski definition) is 4. The molecule has 0 bridgehead atoms. The third-order valence-corrected chi connectivity index (χ3v) is 12.8. The Morgan fingerprint density at radius 1 is 0.557 bits per heavy atom. The monoisotopic (exact) mass is 1010 g/mol. The lowest BCUT2D eigenvalue weighted by Crippen LogP contribution is -2.60. The molecule has 1 aliphatic heterocycles. The first-order valence-electron chi connectivity index (χ1n) is 27.7. The molecule has 1 rings (SSSR count). The highest BCUT2D eigenvalue weighted by atomic mass is 32.3. The van der Waals surface area contributed by atoms with Crippen LogP contribution in [0, 0.1) is 0 Å². The summed E-state index contributed by atoms with van der Waals surface area (Å²) in [5.74, 6) is -0.422. The number of allylic oxidation sites excluding steroid dienone is 12. The third kappa shape index (κ3) is 40.1. The highest BCUT2D eigenvalue weighted by Crippen LogP contribution is 2.26. The molecule has 0 aromatic carbocycles. The van der Waals surface area contributed by atoms with E-state index in [4.69, 9.17) is 18.9 Å². The molecule has 1 heterocycles. The van der Waals surface area contributed by atoms with Crippen LogP contribution in [0.15, 0.2) is 72.9 Å². The van der Waals surface area contributed by atoms with Gasteiger partial charge >= 0.3 is 16.4 Å². The molecule has 0 radical (unpaired) electrons. The van der Waals surface area contributed by atoms with E-state index in [-0.39, 0.29) is 19.6 Å². The minimum absolute atomic E-state index is 0.0244. The van der Waals surface area contributed by atoms with E-state index in [9.17, 15) is 33.1 Å². The van der Waals surface area contributed by atoms with Gasteiger partial charge in [-0.15, -0.1) is 0 Å². The van der Waals surface area contributed by atoms with Gasteiger partial charge < -0.3 is 34.3 Å². The maximum absolute atomic E-state index is 12.9. The quantitative estimate of drug-likeness (QED) is 0.0197. The van der Waals surface area contributed by atoms with Crippen LogP contribution in [0.25, 0.3) is 0 Å². The summed E-state index contributed by atoms with van der Waals surface area (Å²) in [5.41, 5.74) is 0. The second kappa shape index (κ2) is 47.5. The molecule has 0 amide bonds. The number of ether oxygens (including phenoxy) is 4. The van der Waals surface area contributed by atoms with Crippen LogP contribution in [-0.2, 0) is 38.3 Å². The van der Waals surface area contributed by atoms with Crippen LogP contribution >= 0.6 is 0 Å². The van der Waals surface area contributed by atoms with Gasteiger partial charge in [0.15, 0.2) is 6.29 Å². The van der Waals surface area contributed by atoms with Crippen molar-refractivity contribution in [3.63, 3.8) is 0 Å². The maximum Gasteiger partial charge on any atom is 0.397 e. The summed E-state index contributed by atoms with van der Waals surface area (Å²) >= 11 is 0. The number of carbonyl (C=O) groups is 1. The highest BCUT2D eigenvalue weighted by Gasteiger charge is 2.48. The summed E-state index contributed by atoms with van der Waals surface area (Å²) in [5, 5.41) is 30.8. The Morgan fingerprint density at radius 3 is 1.44 bits per heavy atom. The number of hydrogen-bond acceptors (Lipinski definition) is 11. The zero-order valence-corrected chi connectivity index (χ0v) is 44.6. The Hall–Kier alpha value is -2.46. The number of unbranched alkanes of at least 4 members (excludes halogenated alkanes) is 23. The molecular formula is C57H100O12S. The number of rotatable bonds is 48. The van der Waals surface area contributed by atoms with E-state index in [1.165, 1.54) is 109 Å². The lowest BCUT2D eigenvalue weighted by molar-refractivity contribution is -0.301. The average molecular weight is 1010 g/mol. The molecule has 0 spiro atoms. The predicted molar refractivity (Wildman–Crippen MR) is 285 cm³/mol. The van der Waals surface area contributed by atoms with Crippen LogP contribution in [0.5, 0.6) is 0 Å². The van der Waals surface area contributed by atoms with Gasteiger partial charge in [-0.2, -0.15) is 8.42 Å². The lowest BCUT2D eigenvalue weighted by Gasteiger charge is -2.41. The van der Waals surface area contributed by atoms with E-state index in [2.05, 4.69) is 90.9 Å². The molecule has 0 aromatic heterocycles. The van der Waals surface area contributed by atoms with Crippen LogP contribution < -0.4 is 0 Å². The second-order valence-electron chi connectivity index (χ2n) is 18.8. The van der Waals surface area contributed by atoms with Crippen molar-refractivity contribution >= 4 is 16.4 Å². The highest BCUT2D eigenvalue weighted by molar-refractivity contribution is 7.80. The van der Waals surface area contributed by atoms with Gasteiger partial charge in [-0.25, -0.2) is 4.18 Å². The molecule has 13 heteroatoms. The summed E-state index contributed by atoms with van der Waals surface area (Å²) < 4.78 is 59.3. The summed E-state index contributed by atoms with van der Waals surface area (Å²) in [6.07, 6.45) is 53.6. The largest absolute Gasteiger partial charge is 0.457 e. The van der Waals surface area contributed by atoms with Crippen molar-refractivity contribution in [2.45, 2.75) is 256 Å². The first-order chi connectivity index (χ1) is 34.1. The zero-order chi connectivity index (χ0) is 51.0. The van der Waals surface area contributed by atoms with Crippen molar-refractivity contribution in [3.8, 4) is 0 Å². The number of aliphatic hydroxyl groups excluding tert-OH is 3. The van der Waals surface area contributed by atoms with E-state index in [1.807, 2.05) is 0 Å². The van der Waals surface area contributed by atoms with Gasteiger partial charge in [0, 0.05) is 13.0 Å². The Morgan fingerprint density at radius 2 is 0.986 bits per heavy atom. The molecule has 406 valence electrons. The van der Waals surface area contributed by atoms with Crippen molar-refractivity contribution in [2.24, 2.45) is 0 Å². The van der Waals surface area contributed by atoms with Crippen LogP contribution in [0.1, 0.15) is 219 Å². The minimum Gasteiger partial charge on any atom is -0.457 e. The van der Waals surface area contributed by atoms with Crippen molar-refractivity contribution in [1.29, 1.82) is 0 Å². The van der Waals surface area contributed by atoms with E-state index in [0.717, 1.165) is 83.5 Å². The minimum atomic E-state index is -5.07. The molecule has 1 aliphatic rings. The zero-order valence-electron chi connectivity index (χ0n) is 43.8. The molecule has 1 saturated heterocycles. The fraction of sp³-hybridized carbons (Fsp3) is 0.772. The van der Waals surface area contributed by atoms with Crippen LogP contribution in [0.3, 0.4) is 0 Å². The standard InChI is InChI=1S/C57H100O12S/c1-3-5-7-9-11-13-15-17-19-21-23-25-26-27-28-30-32-34-36-38-40-42-44-46-53(59)67-51(50-66-57-55(61)56(69-70(62,63)64)54(60)52(48-58)68-57)49-65-47-45-43-41-39-37-35-33-31-29-24-22-20-18-16-14-12-10-8-6-4-2/h5,7,11,13,17,19,23,25,27-28,32,34,51-52,54-58,60-61H,3-4,6,8-10,12,14-16,18,20-22,24,26,29-31,33,35-50H2,1-2H3,(H,62,63,64)/b7-5-,13-11-,19-17-,25-23-,28-27-,34-32-. The van der Waals surface area contributed by atoms with Crippen LogP contribution in [0.4, 0.5) is 0 Å². The molecule has 6 atom stereocenters. The third-order valence-electron chi connectivity index (χ3n) is 12.3. The van der Waals surface area contributed by atoms with E-state index >= 15 is 0 Å². The Bertz CT molecular complexity index is 1490. The molecule has 1 fully saturated rings. The van der Waals surface area contributed by atoms with E-state index in [0.29, 0.717) is 13.0 Å². The van der Waals surface area contributed by atoms with Gasteiger partial charge in [-0.05, 0) is 64.2 Å². The van der Waals surface area contributed by atoms with Crippen molar-refractivity contribution in [3.05, 3.63) is 72.9 Å². The molecule has 0 aliphatic carbocycles. The molecular weight excluding hydrogens is 909 g/mol. The first kappa shape index (κ1) is 65.6. The predicted octanol–water partition coefficient (Wildman–Crippen LogP) is 13.4. The fourth-order valence-corrected chi connectivity index (χ4v) is 8.72. The summed E-state index contributed by atoms with van der Waals surface area (Å²) in [7, 11) is -5.07. The van der Waals surface area contributed by atoms with Crippen molar-refractivity contribution in [1.82, 2.24) is 0 Å². The van der Waals surface area contributed by atoms with Gasteiger partial charge in [0.1, 0.15) is 30.5 Å². The van der Waals surface area contributed by atoms with Crippen molar-refractivity contribution in [2.75, 3.05) is 26.4 Å². The second-order valence-corrected chi connectivity index (χ2v) is 19.8. The molecule has 70 heavy (non-hydrogen) atoms. The maximum atomic E-state index is 12.9. The molecule has 0 saturated carbocycles. The van der Waals surface area contributed by atoms with Gasteiger partial charge in [-0.3, -0.25) is 9.35 Å². The first-order valence-corrected chi connectivity index (χ1v) is 29.1. The van der Waals surface area contributed by atoms with Gasteiger partial charge in [0.05, 0.1) is 19.8 Å². The smallest absolute Gasteiger partial charge is 0.397 e. The topological polar surface area (TPSA) is 178 Å². The van der Waals surface area contributed by atoms with Gasteiger partial charge in [-0.1, -0.05) is 222 Å². The number of esters is 1. The lowest BCUT2D eigenvalue weighted by atomic mass is 9.99. The Kier molecular flexibility index (Phi) is 44.5. The van der Waals surface area contributed by atoms with Crippen LogP contribution in [0.2, 0.25) is 0 Å². The number of carbonyl (C=O) groups excluding carboxylic acids is 1. The molecule has 12 nitrogen and oxygen atoms in total. The van der Waals surface area contributed by atoms with Crippen molar-refractivity contribution < 1.29 is 56.2 Å².